The highest BCUT2D eigenvalue weighted by molar-refractivity contribution is 14.1. The third-order valence-electron chi connectivity index (χ3n) is 8.08. The average molecular weight is 615 g/mol. The van der Waals surface area contributed by atoms with Crippen LogP contribution in [0.3, 0.4) is 0 Å². The van der Waals surface area contributed by atoms with Gasteiger partial charge in [-0.1, -0.05) is 67.8 Å². The SMILES string of the molecule is C=c1c(=C)n(-c2c(I)ccc(C)c2C)c2ccc(-c3ccc4c(c3)c3ccccc3n4-c3ccccc3)cc12. The Bertz CT molecular complexity index is 2180. The molecule has 2 aromatic heterocycles. The molecule has 0 aliphatic rings. The second kappa shape index (κ2) is 8.99. The van der Waals surface area contributed by atoms with E-state index in [1.165, 1.54) is 59.0 Å². The van der Waals surface area contributed by atoms with E-state index in [0.717, 1.165) is 21.5 Å². The summed E-state index contributed by atoms with van der Waals surface area (Å²) in [6.45, 7) is 13.3. The fraction of sp³-hybridized carbons (Fsp3) is 0.0556. The molecule has 0 radical (unpaired) electrons. The molecule has 188 valence electrons. The summed E-state index contributed by atoms with van der Waals surface area (Å²) in [5, 5.41) is 5.57. The number of aromatic nitrogens is 2. The molecule has 0 atom stereocenters. The number of hydrogen-bond donors (Lipinski definition) is 0. The largest absolute Gasteiger partial charge is 0.309 e. The molecule has 5 aromatic carbocycles. The maximum Gasteiger partial charge on any atom is 0.0627 e. The number of aryl methyl sites for hydroxylation is 1. The molecule has 0 bridgehead atoms. The van der Waals surface area contributed by atoms with Crippen LogP contribution in [0.25, 0.3) is 68.4 Å². The zero-order chi connectivity index (χ0) is 26.8. The Labute approximate surface area is 241 Å². The lowest BCUT2D eigenvalue weighted by Gasteiger charge is -2.15. The molecule has 2 heterocycles. The molecule has 3 heteroatoms. The summed E-state index contributed by atoms with van der Waals surface area (Å²) in [5.41, 5.74) is 10.9. The monoisotopic (exact) mass is 614 g/mol. The third-order valence-corrected chi connectivity index (χ3v) is 8.95. The van der Waals surface area contributed by atoms with Crippen LogP contribution in [0.5, 0.6) is 0 Å². The summed E-state index contributed by atoms with van der Waals surface area (Å²) in [4.78, 5) is 0. The predicted octanol–water partition coefficient (Wildman–Crippen LogP) is 8.44. The Kier molecular flexibility index (Phi) is 5.53. The van der Waals surface area contributed by atoms with Crippen molar-refractivity contribution in [1.29, 1.82) is 0 Å². The molecule has 2 nitrogen and oxygen atoms in total. The normalized spacial score (nSPS) is 11.7. The highest BCUT2D eigenvalue weighted by Crippen LogP contribution is 2.35. The Hall–Kier alpha value is -4.09. The second-order valence-corrected chi connectivity index (χ2v) is 11.4. The molecule has 7 aromatic rings. The van der Waals surface area contributed by atoms with Gasteiger partial charge in [0.1, 0.15) is 0 Å². The van der Waals surface area contributed by atoms with Gasteiger partial charge in [0.05, 0.1) is 22.2 Å². The first-order valence-corrected chi connectivity index (χ1v) is 14.2. The predicted molar refractivity (Wildman–Crippen MR) is 176 cm³/mol. The highest BCUT2D eigenvalue weighted by Gasteiger charge is 2.16. The summed E-state index contributed by atoms with van der Waals surface area (Å²) in [7, 11) is 0. The van der Waals surface area contributed by atoms with Crippen molar-refractivity contribution < 1.29 is 0 Å². The van der Waals surface area contributed by atoms with E-state index in [4.69, 9.17) is 0 Å². The van der Waals surface area contributed by atoms with Crippen molar-refractivity contribution in [3.05, 3.63) is 128 Å². The van der Waals surface area contributed by atoms with Crippen LogP contribution in [0.15, 0.2) is 103 Å². The Balaban J connectivity index is 1.44. The van der Waals surface area contributed by atoms with Crippen LogP contribution in [0, 0.1) is 17.4 Å². The first-order valence-electron chi connectivity index (χ1n) is 13.1. The molecule has 0 spiro atoms. The molecule has 0 aliphatic carbocycles. The van der Waals surface area contributed by atoms with Gasteiger partial charge in [0.2, 0.25) is 0 Å². The van der Waals surface area contributed by atoms with E-state index in [2.05, 4.69) is 162 Å². The first-order chi connectivity index (χ1) is 18.9. The van der Waals surface area contributed by atoms with Gasteiger partial charge < -0.3 is 9.13 Å². The fourth-order valence-electron chi connectivity index (χ4n) is 5.89. The van der Waals surface area contributed by atoms with Gasteiger partial charge in [-0.3, -0.25) is 0 Å². The number of hydrogen-bond acceptors (Lipinski definition) is 0. The van der Waals surface area contributed by atoms with Gasteiger partial charge in [0.15, 0.2) is 0 Å². The van der Waals surface area contributed by atoms with Gasteiger partial charge in [0.25, 0.3) is 0 Å². The van der Waals surface area contributed by atoms with E-state index in [0.29, 0.717) is 0 Å². The minimum atomic E-state index is 0.940. The standard InChI is InChI=1S/C36H27IN2/c1-22-14-17-32(37)36(23(22)2)38-25(4)24(3)30-20-26(15-18-34(30)38)27-16-19-35-31(21-27)29-12-8-9-13-33(29)39(35)28-10-6-5-7-11-28/h5-21H,3-4H2,1-2H3. The summed E-state index contributed by atoms with van der Waals surface area (Å²) in [6, 6.07) is 37.2. The number of rotatable bonds is 3. The molecule has 0 amide bonds. The van der Waals surface area contributed by atoms with Crippen molar-refractivity contribution in [2.45, 2.75) is 13.8 Å². The molecule has 7 rings (SSSR count). The molecule has 0 saturated carbocycles. The minimum absolute atomic E-state index is 0.940. The lowest BCUT2D eigenvalue weighted by Crippen LogP contribution is -2.26. The van der Waals surface area contributed by atoms with Crippen LogP contribution in [-0.4, -0.2) is 9.13 Å². The smallest absolute Gasteiger partial charge is 0.0627 e. The van der Waals surface area contributed by atoms with Gasteiger partial charge in [-0.25, -0.2) is 0 Å². The molecule has 0 unspecified atom stereocenters. The Morgan fingerprint density at radius 3 is 1.95 bits per heavy atom. The minimum Gasteiger partial charge on any atom is -0.309 e. The van der Waals surface area contributed by atoms with Crippen LogP contribution in [0.2, 0.25) is 0 Å². The van der Waals surface area contributed by atoms with Crippen molar-refractivity contribution >= 4 is 68.5 Å². The Morgan fingerprint density at radius 2 is 1.21 bits per heavy atom. The molecule has 0 saturated heterocycles. The summed E-state index contributed by atoms with van der Waals surface area (Å²) in [6.07, 6.45) is 0. The summed E-state index contributed by atoms with van der Waals surface area (Å²) < 4.78 is 5.84. The van der Waals surface area contributed by atoms with Gasteiger partial charge >= 0.3 is 0 Å². The van der Waals surface area contributed by atoms with E-state index in [1.807, 2.05) is 0 Å². The van der Waals surface area contributed by atoms with Crippen molar-refractivity contribution in [2.75, 3.05) is 0 Å². The topological polar surface area (TPSA) is 9.86 Å². The first kappa shape index (κ1) is 24.0. The van der Waals surface area contributed by atoms with E-state index in [1.54, 1.807) is 0 Å². The van der Waals surface area contributed by atoms with Crippen LogP contribution < -0.4 is 10.6 Å². The van der Waals surface area contributed by atoms with Gasteiger partial charge in [-0.05, 0) is 107 Å². The number of para-hydroxylation sites is 2. The Morgan fingerprint density at radius 1 is 0.590 bits per heavy atom. The maximum absolute atomic E-state index is 4.45. The van der Waals surface area contributed by atoms with E-state index < -0.39 is 0 Å². The van der Waals surface area contributed by atoms with E-state index in [9.17, 15) is 0 Å². The number of nitrogens with zero attached hydrogens (tertiary/aromatic N) is 2. The van der Waals surface area contributed by atoms with Crippen molar-refractivity contribution in [2.24, 2.45) is 0 Å². The average Bonchev–Trinajstić information content (AvgIpc) is 3.42. The highest BCUT2D eigenvalue weighted by atomic mass is 127. The fourth-order valence-corrected chi connectivity index (χ4v) is 6.72. The quantitative estimate of drug-likeness (QED) is 0.177. The third kappa shape index (κ3) is 3.60. The van der Waals surface area contributed by atoms with Crippen LogP contribution in [-0.2, 0) is 0 Å². The number of halogens is 1. The lowest BCUT2D eigenvalue weighted by molar-refractivity contribution is 1.04. The maximum atomic E-state index is 4.45. The van der Waals surface area contributed by atoms with Crippen molar-refractivity contribution in [3.63, 3.8) is 0 Å². The van der Waals surface area contributed by atoms with E-state index >= 15 is 0 Å². The molecular formula is C36H27IN2. The van der Waals surface area contributed by atoms with Crippen molar-refractivity contribution in [3.8, 4) is 22.5 Å². The van der Waals surface area contributed by atoms with Gasteiger partial charge in [0, 0.05) is 36.0 Å². The lowest BCUT2D eigenvalue weighted by atomic mass is 10.0. The van der Waals surface area contributed by atoms with Gasteiger partial charge in [-0.2, -0.15) is 0 Å². The van der Waals surface area contributed by atoms with Crippen LogP contribution >= 0.6 is 22.6 Å². The number of benzene rings is 5. The zero-order valence-electron chi connectivity index (χ0n) is 22.0. The molecule has 0 N–H and O–H groups in total. The molecule has 0 fully saturated rings. The molecule has 0 aliphatic heterocycles. The molecule has 39 heavy (non-hydrogen) atoms. The van der Waals surface area contributed by atoms with E-state index in [-0.39, 0.29) is 0 Å². The summed E-state index contributed by atoms with van der Waals surface area (Å²) >= 11 is 2.43. The summed E-state index contributed by atoms with van der Waals surface area (Å²) in [5.74, 6) is 0. The van der Waals surface area contributed by atoms with Crippen LogP contribution in [0.1, 0.15) is 11.1 Å². The van der Waals surface area contributed by atoms with Gasteiger partial charge in [-0.15, -0.1) is 0 Å². The second-order valence-electron chi connectivity index (χ2n) is 10.3. The van der Waals surface area contributed by atoms with Crippen LogP contribution in [0.4, 0.5) is 0 Å². The number of fused-ring (bicyclic) bond motifs is 4. The van der Waals surface area contributed by atoms with Crippen molar-refractivity contribution in [1.82, 2.24) is 9.13 Å². The molecular weight excluding hydrogens is 587 g/mol. The zero-order valence-corrected chi connectivity index (χ0v) is 24.2.